The minimum Gasteiger partial charge on any atom is -0.366 e. The van der Waals surface area contributed by atoms with Crippen LogP contribution in [0.25, 0.3) is 32.9 Å². The second-order valence-electron chi connectivity index (χ2n) is 7.74. The fourth-order valence-electron chi connectivity index (χ4n) is 4.23. The third-order valence-corrected chi connectivity index (χ3v) is 6.25. The summed E-state index contributed by atoms with van der Waals surface area (Å²) in [6.45, 7) is 0.503. The van der Waals surface area contributed by atoms with Crippen molar-refractivity contribution in [1.82, 2.24) is 4.57 Å². The van der Waals surface area contributed by atoms with Gasteiger partial charge >= 0.3 is 0 Å². The smallest absolute Gasteiger partial charge is 0.249 e. The van der Waals surface area contributed by atoms with Gasteiger partial charge in [0.1, 0.15) is 0 Å². The molecule has 6 heteroatoms. The minimum atomic E-state index is -0.496. The maximum atomic E-state index is 12.2. The van der Waals surface area contributed by atoms with Gasteiger partial charge in [0, 0.05) is 38.5 Å². The van der Waals surface area contributed by atoms with E-state index in [2.05, 4.69) is 16.7 Å². The van der Waals surface area contributed by atoms with Crippen molar-refractivity contribution in [2.24, 2.45) is 5.73 Å². The number of nitrogens with zero attached hydrogens (tertiary/aromatic N) is 2. The predicted octanol–water partition coefficient (Wildman–Crippen LogP) is 6.59. The first kappa shape index (κ1) is 21.1. The molecule has 0 atom stereocenters. The summed E-state index contributed by atoms with van der Waals surface area (Å²) in [5.74, 6) is -0.496. The molecule has 2 N–H and O–H groups in total. The van der Waals surface area contributed by atoms with Gasteiger partial charge < -0.3 is 10.3 Å². The van der Waals surface area contributed by atoms with E-state index in [1.165, 1.54) is 0 Å². The molecule has 0 aliphatic carbocycles. The van der Waals surface area contributed by atoms with Crippen LogP contribution in [0.3, 0.4) is 0 Å². The van der Waals surface area contributed by atoms with Crippen molar-refractivity contribution in [2.75, 3.05) is 0 Å². The zero-order valence-corrected chi connectivity index (χ0v) is 18.8. The molecule has 5 rings (SSSR count). The van der Waals surface area contributed by atoms with Crippen LogP contribution in [0.1, 0.15) is 21.5 Å². The summed E-state index contributed by atoms with van der Waals surface area (Å²) < 4.78 is 2.11. The number of carbonyl (C=O) groups excluding carboxylic acids is 1. The fourth-order valence-corrected chi connectivity index (χ4v) is 4.75. The summed E-state index contributed by atoms with van der Waals surface area (Å²) in [6, 6.07) is 27.8. The Kier molecular flexibility index (Phi) is 5.30. The van der Waals surface area contributed by atoms with E-state index in [1.54, 1.807) is 24.3 Å². The Morgan fingerprint density at radius 3 is 2.61 bits per heavy atom. The molecular formula is C27H16Cl2N3O. The highest BCUT2D eigenvalue weighted by Gasteiger charge is 2.18. The Hall–Kier alpha value is -3.78. The number of nitrogens with two attached hydrogens (primary N) is 1. The SMILES string of the molecule is N#Cc1cccc(Cn2c3cc(-c4ccc(Cl)cc4Cl)c[c]c3c3c(C(N)=O)cccc32)c1. The van der Waals surface area contributed by atoms with Gasteiger partial charge in [0.25, 0.3) is 0 Å². The standard InChI is InChI=1S/C27H16Cl2N3O/c28-19-8-10-20(23(29)13-19)18-7-9-21-25(12-18)32(15-17-4-1-3-16(11-17)14-30)24-6-2-5-22(26(21)24)27(31)33/h1-8,10-13H,15H2,(H2,31,33). The van der Waals surface area contributed by atoms with Crippen LogP contribution in [0.15, 0.2) is 72.8 Å². The van der Waals surface area contributed by atoms with Gasteiger partial charge in [-0.2, -0.15) is 5.26 Å². The maximum absolute atomic E-state index is 12.2. The van der Waals surface area contributed by atoms with Crippen molar-refractivity contribution >= 4 is 50.9 Å². The lowest BCUT2D eigenvalue weighted by molar-refractivity contribution is 0.100. The first-order valence-electron chi connectivity index (χ1n) is 10.2. The highest BCUT2D eigenvalue weighted by molar-refractivity contribution is 6.36. The quantitative estimate of drug-likeness (QED) is 0.323. The minimum absolute atomic E-state index is 0.440. The Balaban J connectivity index is 1.80. The second-order valence-corrected chi connectivity index (χ2v) is 8.58. The van der Waals surface area contributed by atoms with E-state index >= 15 is 0 Å². The number of halogens is 2. The van der Waals surface area contributed by atoms with Crippen LogP contribution >= 0.6 is 23.2 Å². The van der Waals surface area contributed by atoms with Gasteiger partial charge in [-0.1, -0.05) is 47.5 Å². The number of primary amides is 1. The van der Waals surface area contributed by atoms with Gasteiger partial charge in [-0.25, -0.2) is 0 Å². The summed E-state index contributed by atoms with van der Waals surface area (Å²) >= 11 is 12.5. The van der Waals surface area contributed by atoms with Crippen molar-refractivity contribution in [3.8, 4) is 17.2 Å². The molecule has 33 heavy (non-hydrogen) atoms. The van der Waals surface area contributed by atoms with Crippen LogP contribution < -0.4 is 5.73 Å². The number of hydrogen-bond acceptors (Lipinski definition) is 2. The summed E-state index contributed by atoms with van der Waals surface area (Å²) in [5.41, 5.74) is 11.1. The molecule has 0 saturated carbocycles. The molecule has 0 unspecified atom stereocenters. The van der Waals surface area contributed by atoms with Crippen molar-refractivity contribution < 1.29 is 4.79 Å². The highest BCUT2D eigenvalue weighted by atomic mass is 35.5. The van der Waals surface area contributed by atoms with Crippen molar-refractivity contribution in [3.05, 3.63) is 106 Å². The molecule has 4 nitrogen and oxygen atoms in total. The van der Waals surface area contributed by atoms with E-state index in [0.717, 1.165) is 38.5 Å². The number of amides is 1. The molecule has 0 fully saturated rings. The van der Waals surface area contributed by atoms with Crippen LogP contribution in [-0.4, -0.2) is 10.5 Å². The summed E-state index contributed by atoms with van der Waals surface area (Å²) in [4.78, 5) is 12.2. The van der Waals surface area contributed by atoms with E-state index in [1.807, 2.05) is 48.5 Å². The van der Waals surface area contributed by atoms with E-state index in [0.29, 0.717) is 27.7 Å². The molecule has 5 aromatic rings. The molecule has 1 radical (unpaired) electrons. The number of benzene rings is 4. The molecule has 1 aromatic heterocycles. The Morgan fingerprint density at radius 2 is 1.85 bits per heavy atom. The number of rotatable bonds is 4. The summed E-state index contributed by atoms with van der Waals surface area (Å²) in [6.07, 6.45) is 0. The molecule has 159 valence electrons. The third kappa shape index (κ3) is 3.72. The lowest BCUT2D eigenvalue weighted by atomic mass is 10.0. The van der Waals surface area contributed by atoms with Crippen LogP contribution in [0.2, 0.25) is 10.0 Å². The van der Waals surface area contributed by atoms with Crippen LogP contribution in [0.4, 0.5) is 0 Å². The molecule has 1 heterocycles. The van der Waals surface area contributed by atoms with Gasteiger partial charge in [-0.05, 0) is 65.7 Å². The topological polar surface area (TPSA) is 71.8 Å². The molecule has 1 amide bonds. The monoisotopic (exact) mass is 468 g/mol. The van der Waals surface area contributed by atoms with Gasteiger partial charge in [0.2, 0.25) is 5.91 Å². The molecular weight excluding hydrogens is 453 g/mol. The lowest BCUT2D eigenvalue weighted by Crippen LogP contribution is -2.11. The van der Waals surface area contributed by atoms with Gasteiger partial charge in [0.05, 0.1) is 22.7 Å². The zero-order valence-electron chi connectivity index (χ0n) is 17.3. The third-order valence-electron chi connectivity index (χ3n) is 5.70. The van der Waals surface area contributed by atoms with Crippen LogP contribution in [0, 0.1) is 17.4 Å². The predicted molar refractivity (Wildman–Crippen MR) is 133 cm³/mol. The number of aromatic nitrogens is 1. The van der Waals surface area contributed by atoms with E-state index in [4.69, 9.17) is 28.9 Å². The zero-order chi connectivity index (χ0) is 23.1. The summed E-state index contributed by atoms with van der Waals surface area (Å²) in [7, 11) is 0. The lowest BCUT2D eigenvalue weighted by Gasteiger charge is -2.10. The van der Waals surface area contributed by atoms with E-state index in [9.17, 15) is 10.1 Å². The van der Waals surface area contributed by atoms with Crippen molar-refractivity contribution in [3.63, 3.8) is 0 Å². The fraction of sp³-hybridized carbons (Fsp3) is 0.0370. The van der Waals surface area contributed by atoms with Crippen LogP contribution in [0.5, 0.6) is 0 Å². The van der Waals surface area contributed by atoms with Gasteiger partial charge in [-0.3, -0.25) is 4.79 Å². The number of nitriles is 1. The Labute approximate surface area is 200 Å². The largest absolute Gasteiger partial charge is 0.366 e. The first-order chi connectivity index (χ1) is 16.0. The van der Waals surface area contributed by atoms with Crippen molar-refractivity contribution in [1.29, 1.82) is 5.26 Å². The molecule has 0 spiro atoms. The van der Waals surface area contributed by atoms with E-state index in [-0.39, 0.29) is 0 Å². The van der Waals surface area contributed by atoms with Gasteiger partial charge in [-0.15, -0.1) is 0 Å². The molecule has 0 aliphatic heterocycles. The molecule has 0 bridgehead atoms. The normalized spacial score (nSPS) is 11.1. The highest BCUT2D eigenvalue weighted by Crippen LogP contribution is 2.37. The van der Waals surface area contributed by atoms with Crippen molar-refractivity contribution in [2.45, 2.75) is 6.54 Å². The number of hydrogen-bond donors (Lipinski definition) is 1. The second kappa shape index (κ2) is 8.29. The Morgan fingerprint density at radius 1 is 1.03 bits per heavy atom. The number of fused-ring (bicyclic) bond motifs is 3. The molecule has 4 aromatic carbocycles. The maximum Gasteiger partial charge on any atom is 0.249 e. The average Bonchev–Trinajstić information content (AvgIpc) is 3.12. The molecule has 0 aliphatic rings. The molecule has 0 saturated heterocycles. The Bertz CT molecular complexity index is 1610. The first-order valence-corrected chi connectivity index (χ1v) is 10.9. The summed E-state index contributed by atoms with van der Waals surface area (Å²) in [5, 5.41) is 12.0. The van der Waals surface area contributed by atoms with E-state index < -0.39 is 5.91 Å². The number of carbonyl (C=O) groups is 1. The van der Waals surface area contributed by atoms with Crippen LogP contribution in [-0.2, 0) is 6.54 Å². The van der Waals surface area contributed by atoms with Gasteiger partial charge in [0.15, 0.2) is 0 Å². The average molecular weight is 469 g/mol.